The average molecular weight is 687 g/mol. The molecule has 0 spiro atoms. The van der Waals surface area contributed by atoms with E-state index in [0.29, 0.717) is 19.3 Å². The van der Waals surface area contributed by atoms with Gasteiger partial charge in [0.15, 0.2) is 6.10 Å². The molecule has 0 N–H and O–H groups in total. The summed E-state index contributed by atoms with van der Waals surface area (Å²) in [6.07, 6.45) is 42.6. The largest absolute Gasteiger partial charge is 0.462 e. The first-order valence-electron chi connectivity index (χ1n) is 20.1. The third-order valence-corrected chi connectivity index (χ3v) is 8.36. The Bertz CT molecular complexity index is 887. The summed E-state index contributed by atoms with van der Waals surface area (Å²) in [7, 11) is 0. The monoisotopic (exact) mass is 687 g/mol. The van der Waals surface area contributed by atoms with Gasteiger partial charge in [-0.15, -0.1) is 0 Å². The molecule has 0 saturated heterocycles. The molecule has 0 saturated carbocycles. The van der Waals surface area contributed by atoms with Gasteiger partial charge in [0, 0.05) is 19.3 Å². The first kappa shape index (κ1) is 46.4. The van der Waals surface area contributed by atoms with Crippen LogP contribution in [0.1, 0.15) is 188 Å². The SMILES string of the molecule is CC/C=C\C/C=C\C/C=C\C/C=C\CCC(=O)OCC(COC(=O)CCCCCCCCC)OC(=O)CCCCCCCCCCCCC. The molecule has 1 unspecified atom stereocenters. The molecule has 0 radical (unpaired) electrons. The highest BCUT2D eigenvalue weighted by molar-refractivity contribution is 5.71. The van der Waals surface area contributed by atoms with Crippen molar-refractivity contribution in [2.45, 2.75) is 194 Å². The zero-order chi connectivity index (χ0) is 35.9. The van der Waals surface area contributed by atoms with Gasteiger partial charge >= 0.3 is 17.9 Å². The molecule has 6 nitrogen and oxygen atoms in total. The second-order valence-corrected chi connectivity index (χ2v) is 13.2. The smallest absolute Gasteiger partial charge is 0.306 e. The lowest BCUT2D eigenvalue weighted by Crippen LogP contribution is -2.30. The zero-order valence-corrected chi connectivity index (χ0v) is 31.9. The minimum Gasteiger partial charge on any atom is -0.462 e. The number of ether oxygens (including phenoxy) is 3. The Labute approximate surface area is 301 Å². The van der Waals surface area contributed by atoms with Crippen LogP contribution in [-0.2, 0) is 28.6 Å². The Morgan fingerprint density at radius 1 is 0.429 bits per heavy atom. The molecule has 282 valence electrons. The normalized spacial score (nSPS) is 12.5. The van der Waals surface area contributed by atoms with Crippen LogP contribution >= 0.6 is 0 Å². The highest BCUT2D eigenvalue weighted by atomic mass is 16.6. The van der Waals surface area contributed by atoms with E-state index in [1.807, 2.05) is 12.2 Å². The molecule has 0 aliphatic heterocycles. The summed E-state index contributed by atoms with van der Waals surface area (Å²) in [5.74, 6) is -0.992. The highest BCUT2D eigenvalue weighted by Gasteiger charge is 2.19. The minimum absolute atomic E-state index is 0.0938. The van der Waals surface area contributed by atoms with Gasteiger partial charge in [0.25, 0.3) is 0 Å². The maximum absolute atomic E-state index is 12.6. The topological polar surface area (TPSA) is 78.9 Å². The van der Waals surface area contributed by atoms with Crippen molar-refractivity contribution in [1.29, 1.82) is 0 Å². The van der Waals surface area contributed by atoms with Crippen LogP contribution in [-0.4, -0.2) is 37.2 Å². The van der Waals surface area contributed by atoms with E-state index in [1.54, 1.807) is 0 Å². The van der Waals surface area contributed by atoms with Gasteiger partial charge in [-0.3, -0.25) is 14.4 Å². The van der Waals surface area contributed by atoms with Crippen LogP contribution in [0.25, 0.3) is 0 Å². The second kappa shape index (κ2) is 38.2. The number of rotatable bonds is 35. The molecule has 0 aliphatic carbocycles. The molecule has 0 aliphatic rings. The van der Waals surface area contributed by atoms with Gasteiger partial charge in [0.2, 0.25) is 0 Å². The Balaban J connectivity index is 4.45. The van der Waals surface area contributed by atoms with Crippen LogP contribution in [0.5, 0.6) is 0 Å². The Hall–Kier alpha value is -2.63. The molecule has 0 aromatic rings. The molecule has 0 aromatic heterocycles. The Morgan fingerprint density at radius 2 is 0.796 bits per heavy atom. The van der Waals surface area contributed by atoms with E-state index in [-0.39, 0.29) is 37.5 Å². The summed E-state index contributed by atoms with van der Waals surface area (Å²) >= 11 is 0. The van der Waals surface area contributed by atoms with E-state index in [9.17, 15) is 14.4 Å². The van der Waals surface area contributed by atoms with E-state index >= 15 is 0 Å². The summed E-state index contributed by atoms with van der Waals surface area (Å²) in [4.78, 5) is 37.4. The fourth-order valence-electron chi connectivity index (χ4n) is 5.34. The third kappa shape index (κ3) is 36.5. The molecule has 0 aromatic carbocycles. The molecule has 0 heterocycles. The quantitative estimate of drug-likeness (QED) is 0.0286. The van der Waals surface area contributed by atoms with Gasteiger partial charge in [-0.2, -0.15) is 0 Å². The number of esters is 3. The molecular formula is C43H74O6. The van der Waals surface area contributed by atoms with Crippen LogP contribution in [0.15, 0.2) is 48.6 Å². The number of allylic oxidation sites excluding steroid dienone is 8. The standard InChI is InChI=1S/C43H74O6/c1-4-7-10-13-16-18-20-21-23-24-27-30-33-36-42(45)48-39-40(38-47-41(44)35-32-29-26-15-12-9-6-3)49-43(46)37-34-31-28-25-22-19-17-14-11-8-5-2/h7,10,16,18,21,23,27,30,40H,4-6,8-9,11-15,17,19-20,22,24-26,28-29,31-39H2,1-3H3/b10-7-,18-16-,23-21-,30-27-. The number of carbonyl (C=O) groups excluding carboxylic acids is 3. The highest BCUT2D eigenvalue weighted by Crippen LogP contribution is 2.13. The number of carbonyl (C=O) groups is 3. The number of unbranched alkanes of at least 4 members (excludes halogenated alkanes) is 16. The summed E-state index contributed by atoms with van der Waals surface area (Å²) in [5, 5.41) is 0. The van der Waals surface area contributed by atoms with Gasteiger partial charge in [-0.05, 0) is 44.9 Å². The first-order valence-corrected chi connectivity index (χ1v) is 20.1. The van der Waals surface area contributed by atoms with Crippen molar-refractivity contribution in [2.75, 3.05) is 13.2 Å². The number of hydrogen-bond donors (Lipinski definition) is 0. The van der Waals surface area contributed by atoms with Crippen LogP contribution in [0.3, 0.4) is 0 Å². The van der Waals surface area contributed by atoms with Crippen molar-refractivity contribution in [2.24, 2.45) is 0 Å². The average Bonchev–Trinajstić information content (AvgIpc) is 3.10. The lowest BCUT2D eigenvalue weighted by atomic mass is 10.1. The molecule has 0 amide bonds. The molecule has 0 fully saturated rings. The van der Waals surface area contributed by atoms with Gasteiger partial charge in [0.1, 0.15) is 13.2 Å². The van der Waals surface area contributed by atoms with Gasteiger partial charge < -0.3 is 14.2 Å². The van der Waals surface area contributed by atoms with Crippen molar-refractivity contribution in [1.82, 2.24) is 0 Å². The first-order chi connectivity index (χ1) is 24.0. The predicted molar refractivity (Wildman–Crippen MR) is 205 cm³/mol. The van der Waals surface area contributed by atoms with Crippen molar-refractivity contribution < 1.29 is 28.6 Å². The van der Waals surface area contributed by atoms with Gasteiger partial charge in [0.05, 0.1) is 0 Å². The third-order valence-electron chi connectivity index (χ3n) is 8.36. The van der Waals surface area contributed by atoms with Crippen LogP contribution in [0.2, 0.25) is 0 Å². The van der Waals surface area contributed by atoms with E-state index in [1.165, 1.54) is 77.0 Å². The van der Waals surface area contributed by atoms with Crippen LogP contribution in [0.4, 0.5) is 0 Å². The van der Waals surface area contributed by atoms with E-state index in [2.05, 4.69) is 57.2 Å². The van der Waals surface area contributed by atoms with Crippen molar-refractivity contribution >= 4 is 17.9 Å². The lowest BCUT2D eigenvalue weighted by molar-refractivity contribution is -0.166. The van der Waals surface area contributed by atoms with Crippen LogP contribution < -0.4 is 0 Å². The van der Waals surface area contributed by atoms with Gasteiger partial charge in [-0.1, -0.05) is 172 Å². The van der Waals surface area contributed by atoms with E-state index < -0.39 is 6.10 Å². The maximum atomic E-state index is 12.6. The summed E-state index contributed by atoms with van der Waals surface area (Å²) in [5.41, 5.74) is 0. The molecule has 1 atom stereocenters. The molecule has 0 rings (SSSR count). The van der Waals surface area contributed by atoms with Crippen molar-refractivity contribution in [3.63, 3.8) is 0 Å². The van der Waals surface area contributed by atoms with E-state index in [4.69, 9.17) is 14.2 Å². The molecule has 6 heteroatoms. The van der Waals surface area contributed by atoms with Crippen LogP contribution in [0, 0.1) is 0 Å². The van der Waals surface area contributed by atoms with Crippen molar-refractivity contribution in [3.05, 3.63) is 48.6 Å². The molecular weight excluding hydrogens is 612 g/mol. The summed E-state index contributed by atoms with van der Waals surface area (Å²) < 4.78 is 16.5. The van der Waals surface area contributed by atoms with Crippen molar-refractivity contribution in [3.8, 4) is 0 Å². The Kier molecular flexibility index (Phi) is 36.1. The van der Waals surface area contributed by atoms with Gasteiger partial charge in [-0.25, -0.2) is 0 Å². The Morgan fingerprint density at radius 3 is 1.24 bits per heavy atom. The second-order valence-electron chi connectivity index (χ2n) is 13.2. The van der Waals surface area contributed by atoms with E-state index in [0.717, 1.165) is 64.2 Å². The number of hydrogen-bond acceptors (Lipinski definition) is 6. The lowest BCUT2D eigenvalue weighted by Gasteiger charge is -2.18. The molecule has 49 heavy (non-hydrogen) atoms. The maximum Gasteiger partial charge on any atom is 0.306 e. The summed E-state index contributed by atoms with van der Waals surface area (Å²) in [6, 6.07) is 0. The minimum atomic E-state index is -0.792. The molecule has 0 bridgehead atoms. The fourth-order valence-corrected chi connectivity index (χ4v) is 5.34. The predicted octanol–water partition coefficient (Wildman–Crippen LogP) is 12.4. The fraction of sp³-hybridized carbons (Fsp3) is 0.744. The zero-order valence-electron chi connectivity index (χ0n) is 31.9. The summed E-state index contributed by atoms with van der Waals surface area (Å²) in [6.45, 7) is 6.38.